The normalized spacial score (nSPS) is 11.8. The fraction of sp³-hybridized carbons (Fsp3) is 0.333. The Kier molecular flexibility index (Phi) is 5.22. The van der Waals surface area contributed by atoms with Crippen molar-refractivity contribution in [2.24, 2.45) is 0 Å². The molecule has 0 saturated carbocycles. The molecule has 0 saturated heterocycles. The highest BCUT2D eigenvalue weighted by atomic mass is 16.6. The first-order chi connectivity index (χ1) is 7.72. The van der Waals surface area contributed by atoms with Gasteiger partial charge in [-0.15, -0.1) is 0 Å². The summed E-state index contributed by atoms with van der Waals surface area (Å²) in [4.78, 5) is 21.1. The Balaban J connectivity index is 2.28. The van der Waals surface area contributed by atoms with Gasteiger partial charge in [-0.05, 0) is 5.56 Å². The highest BCUT2D eigenvalue weighted by molar-refractivity contribution is 5.70. The Bertz CT molecular complexity index is 334. The summed E-state index contributed by atoms with van der Waals surface area (Å²) >= 11 is 0. The van der Waals surface area contributed by atoms with Crippen molar-refractivity contribution in [3.05, 3.63) is 35.9 Å². The zero-order valence-corrected chi connectivity index (χ0v) is 9.09. The van der Waals surface area contributed by atoms with E-state index < -0.39 is 12.1 Å². The van der Waals surface area contributed by atoms with Crippen LogP contribution < -0.4 is 0 Å². The predicted molar refractivity (Wildman–Crippen MR) is 57.7 cm³/mol. The average Bonchev–Trinajstić information content (AvgIpc) is 2.28. The third kappa shape index (κ3) is 4.70. The van der Waals surface area contributed by atoms with E-state index in [-0.39, 0.29) is 6.61 Å². The molecule has 0 aliphatic rings. The lowest BCUT2D eigenvalue weighted by Crippen LogP contribution is -2.23. The molecule has 86 valence electrons. The fourth-order valence-corrected chi connectivity index (χ4v) is 1.18. The van der Waals surface area contributed by atoms with E-state index in [4.69, 9.17) is 9.47 Å². The van der Waals surface area contributed by atoms with E-state index in [1.807, 2.05) is 30.3 Å². The van der Waals surface area contributed by atoms with Crippen LogP contribution in [0.5, 0.6) is 0 Å². The monoisotopic (exact) mass is 222 g/mol. The molecule has 0 N–H and O–H groups in total. The first kappa shape index (κ1) is 12.4. The molecule has 0 aromatic heterocycles. The summed E-state index contributed by atoms with van der Waals surface area (Å²) in [5.74, 6) is -0.486. The lowest BCUT2D eigenvalue weighted by atomic mass is 10.2. The van der Waals surface area contributed by atoms with Crippen LogP contribution >= 0.6 is 0 Å². The topological polar surface area (TPSA) is 52.6 Å². The van der Waals surface area contributed by atoms with Crippen molar-refractivity contribution in [2.45, 2.75) is 19.6 Å². The second-order valence-corrected chi connectivity index (χ2v) is 3.28. The van der Waals surface area contributed by atoms with Gasteiger partial charge in [0.2, 0.25) is 0 Å². The molecule has 0 aliphatic carbocycles. The lowest BCUT2D eigenvalue weighted by Gasteiger charge is -2.10. The quantitative estimate of drug-likeness (QED) is 0.538. The molecule has 1 rings (SSSR count). The summed E-state index contributed by atoms with van der Waals surface area (Å²) in [5.41, 5.74) is 1.01. The van der Waals surface area contributed by atoms with Gasteiger partial charge in [-0.2, -0.15) is 0 Å². The number of aldehydes is 1. The predicted octanol–water partition coefficient (Wildman–Crippen LogP) is 1.33. The fourth-order valence-electron chi connectivity index (χ4n) is 1.18. The smallest absolute Gasteiger partial charge is 0.303 e. The Morgan fingerprint density at radius 1 is 1.38 bits per heavy atom. The molecule has 0 bridgehead atoms. The number of esters is 1. The molecule has 0 spiro atoms. The van der Waals surface area contributed by atoms with E-state index in [9.17, 15) is 9.59 Å². The van der Waals surface area contributed by atoms with Gasteiger partial charge < -0.3 is 9.47 Å². The maximum absolute atomic E-state index is 10.6. The van der Waals surface area contributed by atoms with E-state index in [2.05, 4.69) is 0 Å². The summed E-state index contributed by atoms with van der Waals surface area (Å²) in [6, 6.07) is 9.56. The Hall–Kier alpha value is -1.68. The van der Waals surface area contributed by atoms with Crippen LogP contribution in [0.25, 0.3) is 0 Å². The van der Waals surface area contributed by atoms with Crippen LogP contribution in [-0.2, 0) is 25.7 Å². The van der Waals surface area contributed by atoms with Crippen LogP contribution in [0.2, 0.25) is 0 Å². The third-order valence-corrected chi connectivity index (χ3v) is 1.86. The highest BCUT2D eigenvalue weighted by Gasteiger charge is 2.10. The highest BCUT2D eigenvalue weighted by Crippen LogP contribution is 2.01. The standard InChI is InChI=1S/C12H14O4/c1-10(14)16-12(7-13)9-15-8-11-5-3-2-4-6-11/h2-7,12H,8-9H2,1H3/t12-/m0/s1. The Morgan fingerprint density at radius 3 is 2.62 bits per heavy atom. The number of rotatable bonds is 6. The molecule has 1 aromatic carbocycles. The summed E-state index contributed by atoms with van der Waals surface area (Å²) in [5, 5.41) is 0. The van der Waals surface area contributed by atoms with E-state index in [1.165, 1.54) is 6.92 Å². The van der Waals surface area contributed by atoms with E-state index in [0.717, 1.165) is 5.56 Å². The number of hydrogen-bond acceptors (Lipinski definition) is 4. The number of carbonyl (C=O) groups excluding carboxylic acids is 2. The number of carbonyl (C=O) groups is 2. The van der Waals surface area contributed by atoms with E-state index in [0.29, 0.717) is 12.9 Å². The molecular formula is C12H14O4. The first-order valence-electron chi connectivity index (χ1n) is 4.96. The molecule has 1 aromatic rings. The minimum absolute atomic E-state index is 0.0813. The van der Waals surface area contributed by atoms with Crippen molar-refractivity contribution in [1.82, 2.24) is 0 Å². The molecular weight excluding hydrogens is 208 g/mol. The second kappa shape index (κ2) is 6.74. The van der Waals surface area contributed by atoms with Gasteiger partial charge >= 0.3 is 5.97 Å². The minimum Gasteiger partial charge on any atom is -0.452 e. The van der Waals surface area contributed by atoms with Gasteiger partial charge in [0.25, 0.3) is 0 Å². The Morgan fingerprint density at radius 2 is 2.06 bits per heavy atom. The zero-order valence-electron chi connectivity index (χ0n) is 9.09. The van der Waals surface area contributed by atoms with Crippen LogP contribution in [0.3, 0.4) is 0 Å². The summed E-state index contributed by atoms with van der Waals surface area (Å²) in [7, 11) is 0. The van der Waals surface area contributed by atoms with Crippen molar-refractivity contribution >= 4 is 12.3 Å². The van der Waals surface area contributed by atoms with Crippen molar-refractivity contribution in [3.8, 4) is 0 Å². The summed E-state index contributed by atoms with van der Waals surface area (Å²) in [6.45, 7) is 1.73. The second-order valence-electron chi connectivity index (χ2n) is 3.28. The third-order valence-electron chi connectivity index (χ3n) is 1.86. The lowest BCUT2D eigenvalue weighted by molar-refractivity contribution is -0.152. The molecule has 0 amide bonds. The van der Waals surface area contributed by atoms with Crippen LogP contribution in [0.1, 0.15) is 12.5 Å². The van der Waals surface area contributed by atoms with Crippen molar-refractivity contribution in [2.75, 3.05) is 6.61 Å². The molecule has 0 radical (unpaired) electrons. The van der Waals surface area contributed by atoms with Crippen molar-refractivity contribution in [1.29, 1.82) is 0 Å². The SMILES string of the molecule is CC(=O)O[C@@H](C=O)COCc1ccccc1. The molecule has 16 heavy (non-hydrogen) atoms. The van der Waals surface area contributed by atoms with Gasteiger partial charge in [0.05, 0.1) is 13.2 Å². The first-order valence-corrected chi connectivity index (χ1v) is 4.96. The van der Waals surface area contributed by atoms with E-state index in [1.54, 1.807) is 0 Å². The molecule has 0 fully saturated rings. The molecule has 4 nitrogen and oxygen atoms in total. The maximum atomic E-state index is 10.6. The summed E-state index contributed by atoms with van der Waals surface area (Å²) in [6.07, 6.45) is -0.256. The van der Waals surface area contributed by atoms with Gasteiger partial charge in [-0.25, -0.2) is 0 Å². The molecule has 4 heteroatoms. The van der Waals surface area contributed by atoms with Crippen molar-refractivity contribution < 1.29 is 19.1 Å². The van der Waals surface area contributed by atoms with Crippen molar-refractivity contribution in [3.63, 3.8) is 0 Å². The number of hydrogen-bond donors (Lipinski definition) is 0. The van der Waals surface area contributed by atoms with Gasteiger partial charge in [-0.1, -0.05) is 30.3 Å². The van der Waals surface area contributed by atoms with Crippen LogP contribution in [0, 0.1) is 0 Å². The average molecular weight is 222 g/mol. The van der Waals surface area contributed by atoms with Gasteiger partial charge in [0.15, 0.2) is 12.4 Å². The maximum Gasteiger partial charge on any atom is 0.303 e. The molecule has 0 unspecified atom stereocenters. The minimum atomic E-state index is -0.818. The van der Waals surface area contributed by atoms with E-state index >= 15 is 0 Å². The van der Waals surface area contributed by atoms with Gasteiger partial charge in [0, 0.05) is 6.92 Å². The molecule has 0 heterocycles. The summed E-state index contributed by atoms with van der Waals surface area (Å²) < 4.78 is 9.97. The molecule has 0 aliphatic heterocycles. The van der Waals surface area contributed by atoms with Crippen LogP contribution in [0.15, 0.2) is 30.3 Å². The van der Waals surface area contributed by atoms with Gasteiger partial charge in [0.1, 0.15) is 0 Å². The number of ether oxygens (including phenoxy) is 2. The molecule has 1 atom stereocenters. The zero-order chi connectivity index (χ0) is 11.8. The van der Waals surface area contributed by atoms with Crippen LogP contribution in [-0.4, -0.2) is 25.0 Å². The van der Waals surface area contributed by atoms with Gasteiger partial charge in [-0.3, -0.25) is 9.59 Å². The van der Waals surface area contributed by atoms with Crippen LogP contribution in [0.4, 0.5) is 0 Å². The number of benzene rings is 1. The largest absolute Gasteiger partial charge is 0.452 e. The Labute approximate surface area is 94.2 Å².